The minimum Gasteiger partial charge on any atom is -0.352 e. The summed E-state index contributed by atoms with van der Waals surface area (Å²) in [7, 11) is 0. The number of carbonyl (C=O) groups is 1. The molecule has 27 heavy (non-hydrogen) atoms. The van der Waals surface area contributed by atoms with Crippen LogP contribution in [0, 0.1) is 13.8 Å². The van der Waals surface area contributed by atoms with E-state index in [-0.39, 0.29) is 18.4 Å². The SMILES string of the molecule is Cc1cc(C)n2nc(CC(=O)N[C@@H]3CCN(Cc4ccccc4)C3)nc2n1. The van der Waals surface area contributed by atoms with Crippen LogP contribution in [0.3, 0.4) is 0 Å². The van der Waals surface area contributed by atoms with Crippen molar-refractivity contribution >= 4 is 11.7 Å². The van der Waals surface area contributed by atoms with Crippen LogP contribution in [-0.4, -0.2) is 49.5 Å². The van der Waals surface area contributed by atoms with Crippen molar-refractivity contribution < 1.29 is 4.79 Å². The van der Waals surface area contributed by atoms with Crippen LogP contribution in [-0.2, 0) is 17.8 Å². The maximum absolute atomic E-state index is 12.4. The monoisotopic (exact) mass is 364 g/mol. The molecule has 0 aliphatic carbocycles. The zero-order chi connectivity index (χ0) is 18.8. The minimum atomic E-state index is -0.0353. The third kappa shape index (κ3) is 4.14. The Kier molecular flexibility index (Phi) is 4.85. The Morgan fingerprint density at radius 3 is 2.85 bits per heavy atom. The average Bonchev–Trinajstić information content (AvgIpc) is 3.22. The summed E-state index contributed by atoms with van der Waals surface area (Å²) in [5.41, 5.74) is 3.16. The van der Waals surface area contributed by atoms with E-state index in [4.69, 9.17) is 0 Å². The third-order valence-corrected chi connectivity index (χ3v) is 4.87. The molecular weight excluding hydrogens is 340 g/mol. The van der Waals surface area contributed by atoms with Crippen LogP contribution in [0.2, 0.25) is 0 Å². The number of aryl methyl sites for hydroxylation is 2. The molecule has 0 saturated carbocycles. The highest BCUT2D eigenvalue weighted by molar-refractivity contribution is 5.78. The Morgan fingerprint density at radius 1 is 1.22 bits per heavy atom. The van der Waals surface area contributed by atoms with E-state index in [0.29, 0.717) is 11.6 Å². The summed E-state index contributed by atoms with van der Waals surface area (Å²) in [6, 6.07) is 12.6. The molecule has 1 N–H and O–H groups in total. The average molecular weight is 364 g/mol. The molecule has 0 unspecified atom stereocenters. The number of aromatic nitrogens is 4. The van der Waals surface area contributed by atoms with E-state index >= 15 is 0 Å². The fourth-order valence-electron chi connectivity index (χ4n) is 3.64. The van der Waals surface area contributed by atoms with Gasteiger partial charge < -0.3 is 5.32 Å². The molecule has 4 rings (SSSR count). The van der Waals surface area contributed by atoms with Crippen molar-refractivity contribution in [1.82, 2.24) is 29.8 Å². The van der Waals surface area contributed by atoms with Crippen LogP contribution < -0.4 is 5.32 Å². The Bertz CT molecular complexity index is 952. The predicted molar refractivity (Wildman–Crippen MR) is 102 cm³/mol. The minimum absolute atomic E-state index is 0.0353. The van der Waals surface area contributed by atoms with E-state index in [1.165, 1.54) is 5.56 Å². The van der Waals surface area contributed by atoms with Gasteiger partial charge in [-0.15, -0.1) is 5.10 Å². The molecule has 7 heteroatoms. The molecule has 0 radical (unpaired) electrons. The lowest BCUT2D eigenvalue weighted by Crippen LogP contribution is -2.38. The number of carbonyl (C=O) groups excluding carboxylic acids is 1. The maximum Gasteiger partial charge on any atom is 0.252 e. The number of fused-ring (bicyclic) bond motifs is 1. The second-order valence-electron chi connectivity index (χ2n) is 7.23. The van der Waals surface area contributed by atoms with Crippen LogP contribution >= 0.6 is 0 Å². The standard InChI is InChI=1S/C20H24N6O/c1-14-10-15(2)26-20(21-14)23-18(24-26)11-19(27)22-17-8-9-25(13-17)12-16-6-4-3-5-7-16/h3-7,10,17H,8-9,11-13H2,1-2H3,(H,22,27)/t17-/m1/s1. The molecule has 1 aliphatic heterocycles. The highest BCUT2D eigenvalue weighted by atomic mass is 16.1. The molecule has 1 saturated heterocycles. The van der Waals surface area contributed by atoms with E-state index in [1.807, 2.05) is 26.0 Å². The van der Waals surface area contributed by atoms with Crippen LogP contribution in [0.25, 0.3) is 5.78 Å². The lowest BCUT2D eigenvalue weighted by Gasteiger charge is -2.16. The summed E-state index contributed by atoms with van der Waals surface area (Å²) >= 11 is 0. The van der Waals surface area contributed by atoms with Gasteiger partial charge in [0.15, 0.2) is 5.82 Å². The number of likely N-dealkylation sites (tertiary alicyclic amines) is 1. The summed E-state index contributed by atoms with van der Waals surface area (Å²) in [4.78, 5) is 23.6. The van der Waals surface area contributed by atoms with Gasteiger partial charge in [0.1, 0.15) is 0 Å². The van der Waals surface area contributed by atoms with Crippen LogP contribution in [0.15, 0.2) is 36.4 Å². The molecule has 7 nitrogen and oxygen atoms in total. The van der Waals surface area contributed by atoms with Gasteiger partial charge in [0.2, 0.25) is 5.91 Å². The van der Waals surface area contributed by atoms with Crippen molar-refractivity contribution in [2.45, 2.75) is 39.3 Å². The van der Waals surface area contributed by atoms with Gasteiger partial charge in [-0.25, -0.2) is 9.50 Å². The summed E-state index contributed by atoms with van der Waals surface area (Å²) < 4.78 is 1.69. The zero-order valence-corrected chi connectivity index (χ0v) is 15.7. The van der Waals surface area contributed by atoms with E-state index in [1.54, 1.807) is 4.52 Å². The van der Waals surface area contributed by atoms with Gasteiger partial charge in [-0.2, -0.15) is 4.98 Å². The van der Waals surface area contributed by atoms with Crippen molar-refractivity contribution in [2.24, 2.45) is 0 Å². The lowest BCUT2D eigenvalue weighted by atomic mass is 10.2. The molecule has 0 spiro atoms. The zero-order valence-electron chi connectivity index (χ0n) is 15.7. The first-order chi connectivity index (χ1) is 13.1. The first-order valence-electron chi connectivity index (χ1n) is 9.32. The topological polar surface area (TPSA) is 75.4 Å². The van der Waals surface area contributed by atoms with E-state index in [9.17, 15) is 4.79 Å². The molecule has 2 aromatic heterocycles. The van der Waals surface area contributed by atoms with Crippen molar-refractivity contribution in [3.8, 4) is 0 Å². The van der Waals surface area contributed by atoms with Crippen molar-refractivity contribution in [2.75, 3.05) is 13.1 Å². The van der Waals surface area contributed by atoms with Crippen LogP contribution in [0.5, 0.6) is 0 Å². The van der Waals surface area contributed by atoms with Crippen LogP contribution in [0.4, 0.5) is 0 Å². The van der Waals surface area contributed by atoms with Crippen molar-refractivity contribution in [3.63, 3.8) is 0 Å². The first-order valence-corrected chi connectivity index (χ1v) is 9.32. The number of hydrogen-bond donors (Lipinski definition) is 1. The maximum atomic E-state index is 12.4. The Hall–Kier alpha value is -2.80. The second-order valence-corrected chi connectivity index (χ2v) is 7.23. The largest absolute Gasteiger partial charge is 0.352 e. The van der Waals surface area contributed by atoms with E-state index in [2.05, 4.69) is 49.5 Å². The molecule has 1 aromatic carbocycles. The molecule has 1 aliphatic rings. The van der Waals surface area contributed by atoms with Gasteiger partial charge in [0.05, 0.1) is 6.42 Å². The highest BCUT2D eigenvalue weighted by Crippen LogP contribution is 2.13. The van der Waals surface area contributed by atoms with Gasteiger partial charge in [-0.05, 0) is 31.9 Å². The number of hydrogen-bond acceptors (Lipinski definition) is 5. The number of benzene rings is 1. The summed E-state index contributed by atoms with van der Waals surface area (Å²) in [5, 5.41) is 7.53. The molecule has 1 fully saturated rings. The number of rotatable bonds is 5. The Morgan fingerprint density at radius 2 is 2.04 bits per heavy atom. The summed E-state index contributed by atoms with van der Waals surface area (Å²) in [5.74, 6) is 1.02. The highest BCUT2D eigenvalue weighted by Gasteiger charge is 2.24. The molecule has 1 amide bonds. The molecule has 1 atom stereocenters. The predicted octanol–water partition coefficient (Wildman–Crippen LogP) is 1.67. The quantitative estimate of drug-likeness (QED) is 0.745. The molecule has 3 aromatic rings. The molecule has 140 valence electrons. The van der Waals surface area contributed by atoms with Crippen molar-refractivity contribution in [3.05, 3.63) is 59.2 Å². The smallest absolute Gasteiger partial charge is 0.252 e. The fraction of sp³-hybridized carbons (Fsp3) is 0.400. The van der Waals surface area contributed by atoms with Gasteiger partial charge in [0, 0.05) is 37.1 Å². The number of nitrogens with zero attached hydrogens (tertiary/aromatic N) is 5. The Balaban J connectivity index is 1.33. The number of nitrogens with one attached hydrogen (secondary N) is 1. The van der Waals surface area contributed by atoms with Gasteiger partial charge in [-0.3, -0.25) is 9.69 Å². The normalized spacial score (nSPS) is 17.5. The van der Waals surface area contributed by atoms with E-state index < -0.39 is 0 Å². The van der Waals surface area contributed by atoms with E-state index in [0.717, 1.165) is 37.4 Å². The molecular formula is C20H24N6O. The lowest BCUT2D eigenvalue weighted by molar-refractivity contribution is -0.121. The second kappa shape index (κ2) is 7.44. The summed E-state index contributed by atoms with van der Waals surface area (Å²) in [6.07, 6.45) is 1.15. The summed E-state index contributed by atoms with van der Waals surface area (Å²) in [6.45, 7) is 6.68. The molecule has 3 heterocycles. The number of amides is 1. The van der Waals surface area contributed by atoms with Crippen LogP contribution in [0.1, 0.15) is 29.2 Å². The van der Waals surface area contributed by atoms with Gasteiger partial charge >= 0.3 is 0 Å². The molecule has 0 bridgehead atoms. The van der Waals surface area contributed by atoms with Gasteiger partial charge in [-0.1, -0.05) is 30.3 Å². The Labute approximate surface area is 158 Å². The fourth-order valence-corrected chi connectivity index (χ4v) is 3.64. The van der Waals surface area contributed by atoms with Gasteiger partial charge in [0.25, 0.3) is 5.78 Å². The third-order valence-electron chi connectivity index (χ3n) is 4.87. The van der Waals surface area contributed by atoms with Crippen molar-refractivity contribution in [1.29, 1.82) is 0 Å². The first kappa shape index (κ1) is 17.6.